The lowest BCUT2D eigenvalue weighted by Gasteiger charge is -2.29. The summed E-state index contributed by atoms with van der Waals surface area (Å²) in [5, 5.41) is 8.55. The second kappa shape index (κ2) is 5.82. The minimum Gasteiger partial charge on any atom is -0.396 e. The fraction of sp³-hybridized carbons (Fsp3) is 1.00. The summed E-state index contributed by atoms with van der Waals surface area (Å²) in [7, 11) is -3.22. The van der Waals surface area contributed by atoms with Crippen molar-refractivity contribution in [3.8, 4) is 0 Å². The van der Waals surface area contributed by atoms with Crippen molar-refractivity contribution in [2.45, 2.75) is 34.1 Å². The highest BCUT2D eigenvalue weighted by atomic mass is 32.2. The average Bonchev–Trinajstić information content (AvgIpc) is 2.12. The predicted octanol–water partition coefficient (Wildman–Crippen LogP) is 0.970. The molecule has 0 aliphatic rings. The molecule has 0 aliphatic heterocycles. The summed E-state index contributed by atoms with van der Waals surface area (Å²) < 4.78 is 25.4. The van der Waals surface area contributed by atoms with E-state index in [2.05, 4.69) is 18.6 Å². The van der Waals surface area contributed by atoms with Crippen LogP contribution in [0.2, 0.25) is 0 Å². The third-order valence-electron chi connectivity index (χ3n) is 2.88. The Bertz CT molecular complexity index is 270. The number of aliphatic hydroxyl groups is 1. The van der Waals surface area contributed by atoms with E-state index < -0.39 is 10.0 Å². The Morgan fingerprint density at radius 1 is 1.33 bits per heavy atom. The van der Waals surface area contributed by atoms with Gasteiger partial charge in [0.2, 0.25) is 10.0 Å². The number of rotatable bonds is 7. The molecule has 0 heterocycles. The van der Waals surface area contributed by atoms with Crippen LogP contribution in [-0.2, 0) is 10.0 Å². The van der Waals surface area contributed by atoms with Gasteiger partial charge in [-0.3, -0.25) is 0 Å². The Balaban J connectivity index is 4.15. The quantitative estimate of drug-likeness (QED) is 0.693. The van der Waals surface area contributed by atoms with Gasteiger partial charge < -0.3 is 5.11 Å². The molecule has 0 radical (unpaired) electrons. The fourth-order valence-corrected chi connectivity index (χ4v) is 2.07. The molecule has 0 rings (SSSR count). The van der Waals surface area contributed by atoms with Crippen LogP contribution in [0, 0.1) is 11.3 Å². The molecule has 0 fully saturated rings. The molecule has 0 atom stereocenters. The summed E-state index contributed by atoms with van der Waals surface area (Å²) >= 11 is 0. The van der Waals surface area contributed by atoms with Crippen LogP contribution >= 0.6 is 0 Å². The van der Waals surface area contributed by atoms with Crippen LogP contribution in [0.5, 0.6) is 0 Å². The van der Waals surface area contributed by atoms with Gasteiger partial charge in [0.25, 0.3) is 0 Å². The minimum atomic E-state index is -3.22. The molecule has 0 aromatic heterocycles. The minimum absolute atomic E-state index is 0.00231. The van der Waals surface area contributed by atoms with Gasteiger partial charge in [0.1, 0.15) is 0 Å². The van der Waals surface area contributed by atoms with Gasteiger partial charge in [-0.2, -0.15) is 0 Å². The Labute approximate surface area is 93.1 Å². The second-order valence-corrected chi connectivity index (χ2v) is 6.79. The molecule has 15 heavy (non-hydrogen) atoms. The second-order valence-electron chi connectivity index (χ2n) is 4.86. The number of nitrogens with one attached hydrogen (secondary N) is 1. The summed E-state index contributed by atoms with van der Waals surface area (Å²) in [4.78, 5) is 0. The Morgan fingerprint density at radius 2 is 1.87 bits per heavy atom. The van der Waals surface area contributed by atoms with Crippen molar-refractivity contribution in [3.63, 3.8) is 0 Å². The lowest BCUT2D eigenvalue weighted by atomic mass is 9.81. The summed E-state index contributed by atoms with van der Waals surface area (Å²) in [5.41, 5.74) is -0.0493. The first-order valence-electron chi connectivity index (χ1n) is 5.29. The SMILES string of the molecule is CC(C)C(C)(C)CNS(=O)(=O)CCCO. The number of aliphatic hydroxyl groups excluding tert-OH is 1. The highest BCUT2D eigenvalue weighted by molar-refractivity contribution is 7.89. The fourth-order valence-electron chi connectivity index (χ4n) is 0.827. The highest BCUT2D eigenvalue weighted by Gasteiger charge is 2.24. The molecule has 0 saturated heterocycles. The monoisotopic (exact) mass is 237 g/mol. The van der Waals surface area contributed by atoms with Crippen LogP contribution in [0.15, 0.2) is 0 Å². The first-order chi connectivity index (χ1) is 6.71. The molecule has 0 unspecified atom stereocenters. The van der Waals surface area contributed by atoms with Crippen molar-refractivity contribution < 1.29 is 13.5 Å². The van der Waals surface area contributed by atoms with Crippen LogP contribution in [-0.4, -0.2) is 32.4 Å². The molecule has 4 nitrogen and oxygen atoms in total. The Hall–Kier alpha value is -0.130. The summed E-state index contributed by atoms with van der Waals surface area (Å²) in [5.74, 6) is 0.413. The van der Waals surface area contributed by atoms with Crippen LogP contribution in [0.1, 0.15) is 34.1 Å². The maximum Gasteiger partial charge on any atom is 0.211 e. The zero-order valence-electron chi connectivity index (χ0n) is 10.1. The average molecular weight is 237 g/mol. The normalized spacial score (nSPS) is 13.5. The van der Waals surface area contributed by atoms with Gasteiger partial charge in [-0.25, -0.2) is 13.1 Å². The summed E-state index contributed by atoms with van der Waals surface area (Å²) in [6.07, 6.45) is 0.289. The van der Waals surface area contributed by atoms with Crippen molar-refractivity contribution in [3.05, 3.63) is 0 Å². The van der Waals surface area contributed by atoms with Gasteiger partial charge in [-0.05, 0) is 17.8 Å². The number of sulfonamides is 1. The van der Waals surface area contributed by atoms with Gasteiger partial charge >= 0.3 is 0 Å². The maximum absolute atomic E-state index is 11.4. The molecule has 0 saturated carbocycles. The van der Waals surface area contributed by atoms with Gasteiger partial charge in [0, 0.05) is 13.2 Å². The van der Waals surface area contributed by atoms with Crippen molar-refractivity contribution in [1.82, 2.24) is 4.72 Å². The molecule has 0 aromatic carbocycles. The van der Waals surface area contributed by atoms with Crippen LogP contribution in [0.3, 0.4) is 0 Å². The molecule has 0 amide bonds. The smallest absolute Gasteiger partial charge is 0.211 e. The van der Waals surface area contributed by atoms with Crippen LogP contribution < -0.4 is 4.72 Å². The first kappa shape index (κ1) is 14.9. The van der Waals surface area contributed by atoms with Gasteiger partial charge in [0.05, 0.1) is 5.75 Å². The van der Waals surface area contributed by atoms with E-state index in [9.17, 15) is 8.42 Å². The zero-order valence-corrected chi connectivity index (χ0v) is 10.9. The molecular formula is C10H23NO3S. The third-order valence-corrected chi connectivity index (χ3v) is 4.29. The van der Waals surface area contributed by atoms with Gasteiger partial charge in [-0.15, -0.1) is 0 Å². The van der Waals surface area contributed by atoms with E-state index in [4.69, 9.17) is 5.11 Å². The molecule has 92 valence electrons. The lowest BCUT2D eigenvalue weighted by Crippen LogP contribution is -2.38. The van der Waals surface area contributed by atoms with E-state index in [0.29, 0.717) is 12.5 Å². The van der Waals surface area contributed by atoms with E-state index in [1.54, 1.807) is 0 Å². The summed E-state index contributed by atoms with van der Waals surface area (Å²) in [6, 6.07) is 0. The molecular weight excluding hydrogens is 214 g/mol. The molecule has 0 spiro atoms. The predicted molar refractivity (Wildman–Crippen MR) is 62.1 cm³/mol. The largest absolute Gasteiger partial charge is 0.396 e. The van der Waals surface area contributed by atoms with E-state index in [-0.39, 0.29) is 24.2 Å². The number of hydrogen-bond donors (Lipinski definition) is 2. The standard InChI is InChI=1S/C10H23NO3S/c1-9(2)10(3,4)8-11-15(13,14)7-5-6-12/h9,11-12H,5-8H2,1-4H3. The molecule has 0 aromatic rings. The van der Waals surface area contributed by atoms with E-state index >= 15 is 0 Å². The van der Waals surface area contributed by atoms with Crippen LogP contribution in [0.4, 0.5) is 0 Å². The summed E-state index contributed by atoms with van der Waals surface area (Å²) in [6.45, 7) is 8.56. The van der Waals surface area contributed by atoms with Crippen molar-refractivity contribution in [2.24, 2.45) is 11.3 Å². The molecule has 2 N–H and O–H groups in total. The first-order valence-corrected chi connectivity index (χ1v) is 6.95. The van der Waals surface area contributed by atoms with Gasteiger partial charge in [0.15, 0.2) is 0 Å². The van der Waals surface area contributed by atoms with Crippen molar-refractivity contribution in [2.75, 3.05) is 18.9 Å². The molecule has 0 bridgehead atoms. The topological polar surface area (TPSA) is 66.4 Å². The lowest BCUT2D eigenvalue weighted by molar-refractivity contribution is 0.252. The van der Waals surface area contributed by atoms with E-state index in [1.165, 1.54) is 0 Å². The zero-order chi connectivity index (χ0) is 12.1. The number of hydrogen-bond acceptors (Lipinski definition) is 3. The third kappa shape index (κ3) is 6.12. The van der Waals surface area contributed by atoms with Crippen molar-refractivity contribution in [1.29, 1.82) is 0 Å². The van der Waals surface area contributed by atoms with Crippen molar-refractivity contribution >= 4 is 10.0 Å². The maximum atomic E-state index is 11.4. The van der Waals surface area contributed by atoms with Crippen LogP contribution in [0.25, 0.3) is 0 Å². The molecule has 0 aliphatic carbocycles. The molecule has 5 heteroatoms. The van der Waals surface area contributed by atoms with Gasteiger partial charge in [-0.1, -0.05) is 27.7 Å². The highest BCUT2D eigenvalue weighted by Crippen LogP contribution is 2.24. The Kier molecular flexibility index (Phi) is 5.77. The van der Waals surface area contributed by atoms with E-state index in [1.807, 2.05) is 13.8 Å². The Morgan fingerprint density at radius 3 is 2.27 bits per heavy atom. The van der Waals surface area contributed by atoms with E-state index in [0.717, 1.165) is 0 Å².